The molecule has 0 heterocycles. The van der Waals surface area contributed by atoms with E-state index in [0.717, 1.165) is 10.0 Å². The average Bonchev–Trinajstić information content (AvgIpc) is 2.03. The fraction of sp³-hybridized carbons (Fsp3) is 0.125. The number of anilines is 1. The first kappa shape index (κ1) is 10.3. The summed E-state index contributed by atoms with van der Waals surface area (Å²) in [4.78, 5) is 10.4. The van der Waals surface area contributed by atoms with Crippen LogP contribution in [0.4, 0.5) is 10.5 Å². The van der Waals surface area contributed by atoms with Gasteiger partial charge in [-0.2, -0.15) is 0 Å². The Morgan fingerprint density at radius 2 is 2.31 bits per heavy atom. The maximum Gasteiger partial charge on any atom is 0.409 e. The highest BCUT2D eigenvalue weighted by atomic mass is 79.9. The fourth-order valence-corrected chi connectivity index (χ4v) is 1.49. The Bertz CT molecular complexity index is 330. The zero-order valence-electron chi connectivity index (χ0n) is 6.55. The molecule has 0 atom stereocenters. The van der Waals surface area contributed by atoms with Gasteiger partial charge in [-0.3, -0.25) is 5.32 Å². The predicted molar refractivity (Wildman–Crippen MR) is 55.3 cm³/mol. The summed E-state index contributed by atoms with van der Waals surface area (Å²) < 4.78 is 0.810. The molecule has 0 aliphatic carbocycles. The largest absolute Gasteiger partial charge is 0.465 e. The number of benzene rings is 1. The lowest BCUT2D eigenvalue weighted by atomic mass is 10.2. The van der Waals surface area contributed by atoms with Crippen molar-refractivity contribution in [3.63, 3.8) is 0 Å². The third-order valence-corrected chi connectivity index (χ3v) is 2.24. The Morgan fingerprint density at radius 3 is 2.85 bits per heavy atom. The molecular weight excluding hydrogens is 257 g/mol. The van der Waals surface area contributed by atoms with E-state index in [1.807, 2.05) is 6.07 Å². The molecule has 13 heavy (non-hydrogen) atoms. The Morgan fingerprint density at radius 1 is 1.62 bits per heavy atom. The molecule has 0 saturated carbocycles. The molecule has 0 radical (unpaired) electrons. The van der Waals surface area contributed by atoms with Crippen LogP contribution in [0.25, 0.3) is 0 Å². The summed E-state index contributed by atoms with van der Waals surface area (Å²) in [5.74, 6) is 0.281. The van der Waals surface area contributed by atoms with Crippen molar-refractivity contribution < 1.29 is 9.90 Å². The van der Waals surface area contributed by atoms with Crippen LogP contribution < -0.4 is 5.32 Å². The molecule has 0 unspecified atom stereocenters. The van der Waals surface area contributed by atoms with Crippen molar-refractivity contribution in [1.29, 1.82) is 0 Å². The number of carboxylic acid groups (broad SMARTS) is 1. The number of halogens is 2. The Hall–Kier alpha value is -0.740. The van der Waals surface area contributed by atoms with Crippen LogP contribution in [0, 0.1) is 0 Å². The number of alkyl halides is 1. The molecule has 5 heteroatoms. The summed E-state index contributed by atoms with van der Waals surface area (Å²) in [6.45, 7) is 0. The molecule has 1 aromatic rings. The van der Waals surface area contributed by atoms with Gasteiger partial charge in [0, 0.05) is 16.0 Å². The summed E-state index contributed by atoms with van der Waals surface area (Å²) in [6.07, 6.45) is -1.09. The second-order valence-electron chi connectivity index (χ2n) is 2.37. The number of hydrogen-bond acceptors (Lipinski definition) is 1. The van der Waals surface area contributed by atoms with E-state index < -0.39 is 6.09 Å². The van der Waals surface area contributed by atoms with Crippen LogP contribution in [-0.4, -0.2) is 11.2 Å². The lowest BCUT2D eigenvalue weighted by molar-refractivity contribution is 0.209. The molecule has 1 rings (SSSR count). The SMILES string of the molecule is O=C(O)Nc1cc(Br)ccc1CCl. The van der Waals surface area contributed by atoms with Gasteiger partial charge in [-0.1, -0.05) is 22.0 Å². The average molecular weight is 265 g/mol. The van der Waals surface area contributed by atoms with Crippen molar-refractivity contribution in [3.8, 4) is 0 Å². The molecule has 0 fully saturated rings. The second kappa shape index (κ2) is 4.48. The van der Waals surface area contributed by atoms with Crippen molar-refractivity contribution in [3.05, 3.63) is 28.2 Å². The highest BCUT2D eigenvalue weighted by Gasteiger charge is 2.04. The van der Waals surface area contributed by atoms with Gasteiger partial charge in [0.05, 0.1) is 0 Å². The molecule has 70 valence electrons. The van der Waals surface area contributed by atoms with Crippen LogP contribution in [0.3, 0.4) is 0 Å². The zero-order chi connectivity index (χ0) is 9.84. The van der Waals surface area contributed by atoms with Gasteiger partial charge in [-0.15, -0.1) is 11.6 Å². The van der Waals surface area contributed by atoms with E-state index in [9.17, 15) is 4.79 Å². The normalized spacial score (nSPS) is 9.69. The number of rotatable bonds is 2. The summed E-state index contributed by atoms with van der Waals surface area (Å²) in [5.41, 5.74) is 1.27. The van der Waals surface area contributed by atoms with E-state index >= 15 is 0 Å². The zero-order valence-corrected chi connectivity index (χ0v) is 8.89. The number of nitrogens with one attached hydrogen (secondary N) is 1. The molecular formula is C8H7BrClNO2. The first-order valence-electron chi connectivity index (χ1n) is 3.48. The fourth-order valence-electron chi connectivity index (χ4n) is 0.897. The van der Waals surface area contributed by atoms with Gasteiger partial charge >= 0.3 is 6.09 Å². The lowest BCUT2D eigenvalue weighted by Gasteiger charge is -2.06. The Kier molecular flexibility index (Phi) is 3.57. The van der Waals surface area contributed by atoms with Gasteiger partial charge in [0.25, 0.3) is 0 Å². The molecule has 1 amide bonds. The lowest BCUT2D eigenvalue weighted by Crippen LogP contribution is -2.08. The Labute approximate surface area is 88.8 Å². The van der Waals surface area contributed by atoms with Gasteiger partial charge in [0.1, 0.15) is 0 Å². The quantitative estimate of drug-likeness (QED) is 0.805. The van der Waals surface area contributed by atoms with Gasteiger partial charge in [0.15, 0.2) is 0 Å². The second-order valence-corrected chi connectivity index (χ2v) is 3.55. The summed E-state index contributed by atoms with van der Waals surface area (Å²) in [7, 11) is 0. The topological polar surface area (TPSA) is 49.3 Å². The third-order valence-electron chi connectivity index (χ3n) is 1.46. The smallest absolute Gasteiger partial charge is 0.409 e. The number of amides is 1. The van der Waals surface area contributed by atoms with E-state index in [2.05, 4.69) is 21.2 Å². The van der Waals surface area contributed by atoms with E-state index in [-0.39, 0.29) is 5.88 Å². The van der Waals surface area contributed by atoms with Crippen molar-refractivity contribution >= 4 is 39.3 Å². The minimum absolute atomic E-state index is 0.281. The van der Waals surface area contributed by atoms with Crippen LogP contribution in [0.5, 0.6) is 0 Å². The minimum Gasteiger partial charge on any atom is -0.465 e. The van der Waals surface area contributed by atoms with Crippen LogP contribution >= 0.6 is 27.5 Å². The maximum absolute atomic E-state index is 10.4. The molecule has 2 N–H and O–H groups in total. The molecule has 0 saturated heterocycles. The van der Waals surface area contributed by atoms with Crippen molar-refractivity contribution in [2.24, 2.45) is 0 Å². The highest BCUT2D eigenvalue weighted by molar-refractivity contribution is 9.10. The number of carbonyl (C=O) groups is 1. The van der Waals surface area contributed by atoms with Gasteiger partial charge in [-0.25, -0.2) is 4.79 Å². The maximum atomic E-state index is 10.4. The van der Waals surface area contributed by atoms with E-state index in [1.165, 1.54) is 0 Å². The van der Waals surface area contributed by atoms with Crippen molar-refractivity contribution in [1.82, 2.24) is 0 Å². The summed E-state index contributed by atoms with van der Waals surface area (Å²) in [6, 6.07) is 5.25. The van der Waals surface area contributed by atoms with Gasteiger partial charge < -0.3 is 5.11 Å². The first-order chi connectivity index (χ1) is 6.13. The highest BCUT2D eigenvalue weighted by Crippen LogP contribution is 2.22. The van der Waals surface area contributed by atoms with Crippen LogP contribution in [0.2, 0.25) is 0 Å². The summed E-state index contributed by atoms with van der Waals surface area (Å²) >= 11 is 8.86. The molecule has 1 aromatic carbocycles. The Balaban J connectivity index is 3.01. The van der Waals surface area contributed by atoms with Crippen molar-refractivity contribution in [2.75, 3.05) is 5.32 Å². The molecule has 0 spiro atoms. The third kappa shape index (κ3) is 2.90. The van der Waals surface area contributed by atoms with Gasteiger partial charge in [-0.05, 0) is 17.7 Å². The first-order valence-corrected chi connectivity index (χ1v) is 4.80. The standard InChI is InChI=1S/C8H7BrClNO2/c9-6-2-1-5(4-10)7(3-6)11-8(12)13/h1-3,11H,4H2,(H,12,13). The van der Waals surface area contributed by atoms with Crippen LogP contribution in [0.15, 0.2) is 22.7 Å². The van der Waals surface area contributed by atoms with Crippen LogP contribution in [0.1, 0.15) is 5.56 Å². The molecule has 3 nitrogen and oxygen atoms in total. The molecule has 0 bridgehead atoms. The van der Waals surface area contributed by atoms with E-state index in [1.54, 1.807) is 12.1 Å². The predicted octanol–water partition coefficient (Wildman–Crippen LogP) is 3.28. The van der Waals surface area contributed by atoms with Gasteiger partial charge in [0.2, 0.25) is 0 Å². The van der Waals surface area contributed by atoms with Crippen molar-refractivity contribution in [2.45, 2.75) is 5.88 Å². The summed E-state index contributed by atoms with van der Waals surface area (Å²) in [5, 5.41) is 10.8. The number of hydrogen-bond donors (Lipinski definition) is 2. The minimum atomic E-state index is -1.09. The van der Waals surface area contributed by atoms with Crippen LogP contribution in [-0.2, 0) is 5.88 Å². The monoisotopic (exact) mass is 263 g/mol. The van der Waals surface area contributed by atoms with E-state index in [0.29, 0.717) is 5.69 Å². The molecule has 0 aliphatic rings. The molecule has 0 aromatic heterocycles. The van der Waals surface area contributed by atoms with E-state index in [4.69, 9.17) is 16.7 Å². The molecule has 0 aliphatic heterocycles.